The molecule has 1 aromatic carbocycles. The molecule has 1 unspecified atom stereocenters. The number of aromatic nitrogens is 1. The van der Waals surface area contributed by atoms with Crippen LogP contribution in [0.1, 0.15) is 12.5 Å². The number of nitrogens with zero attached hydrogens (tertiary/aromatic N) is 2. The van der Waals surface area contributed by atoms with Gasteiger partial charge in [0.05, 0.1) is 17.6 Å². The highest BCUT2D eigenvalue weighted by atomic mass is 15.2. The molecule has 0 saturated carbocycles. The second kappa shape index (κ2) is 4.33. The molecule has 1 aliphatic rings. The van der Waals surface area contributed by atoms with Gasteiger partial charge in [0.15, 0.2) is 0 Å². The summed E-state index contributed by atoms with van der Waals surface area (Å²) >= 11 is 0. The summed E-state index contributed by atoms with van der Waals surface area (Å²) < 4.78 is 0. The lowest BCUT2D eigenvalue weighted by molar-refractivity contribution is 0.562. The van der Waals surface area contributed by atoms with E-state index in [4.69, 9.17) is 5.73 Å². The topological polar surface area (TPSA) is 42.2 Å². The summed E-state index contributed by atoms with van der Waals surface area (Å²) in [6.45, 7) is 3.28. The van der Waals surface area contributed by atoms with Gasteiger partial charge in [-0.15, -0.1) is 0 Å². The minimum absolute atomic E-state index is 0.632. The van der Waals surface area contributed by atoms with E-state index in [-0.39, 0.29) is 0 Å². The standard InChI is InChI=1S/C15H17N3/c1-11-8-12-4-2-3-5-14(12)18(10-11)15-6-7-17-9-13(15)16/h2-7,9,11H,8,10,16H2,1H3. The highest BCUT2D eigenvalue weighted by Crippen LogP contribution is 2.37. The van der Waals surface area contributed by atoms with Crippen molar-refractivity contribution in [2.75, 3.05) is 17.2 Å². The summed E-state index contributed by atoms with van der Waals surface area (Å²) in [7, 11) is 0. The van der Waals surface area contributed by atoms with Crippen molar-refractivity contribution in [3.8, 4) is 0 Å². The van der Waals surface area contributed by atoms with Crippen molar-refractivity contribution in [2.24, 2.45) is 5.92 Å². The maximum absolute atomic E-state index is 6.05. The van der Waals surface area contributed by atoms with E-state index in [0.29, 0.717) is 5.92 Å². The summed E-state index contributed by atoms with van der Waals surface area (Å²) in [5, 5.41) is 0. The van der Waals surface area contributed by atoms with E-state index < -0.39 is 0 Å². The zero-order valence-electron chi connectivity index (χ0n) is 10.5. The van der Waals surface area contributed by atoms with Crippen molar-refractivity contribution in [3.63, 3.8) is 0 Å². The van der Waals surface area contributed by atoms with E-state index >= 15 is 0 Å². The minimum Gasteiger partial charge on any atom is -0.396 e. The molecular formula is C15H17N3. The van der Waals surface area contributed by atoms with Crippen LogP contribution in [-0.2, 0) is 6.42 Å². The summed E-state index contributed by atoms with van der Waals surface area (Å²) in [6.07, 6.45) is 4.66. The van der Waals surface area contributed by atoms with Gasteiger partial charge < -0.3 is 10.6 Å². The predicted molar refractivity (Wildman–Crippen MR) is 75.0 cm³/mol. The van der Waals surface area contributed by atoms with Crippen molar-refractivity contribution in [1.29, 1.82) is 0 Å². The summed E-state index contributed by atoms with van der Waals surface area (Å²) in [5.74, 6) is 0.632. The average molecular weight is 239 g/mol. The maximum atomic E-state index is 6.05. The molecule has 3 rings (SSSR count). The van der Waals surface area contributed by atoms with Crippen molar-refractivity contribution < 1.29 is 0 Å². The fourth-order valence-electron chi connectivity index (χ4n) is 2.67. The first kappa shape index (κ1) is 11.1. The molecule has 0 aliphatic carbocycles. The van der Waals surface area contributed by atoms with Gasteiger partial charge in [0.2, 0.25) is 0 Å². The molecule has 92 valence electrons. The van der Waals surface area contributed by atoms with E-state index in [1.807, 2.05) is 6.07 Å². The first-order valence-corrected chi connectivity index (χ1v) is 6.30. The SMILES string of the molecule is CC1Cc2ccccc2N(c2ccncc2N)C1. The Hall–Kier alpha value is -2.03. The first-order valence-electron chi connectivity index (χ1n) is 6.30. The molecule has 2 heterocycles. The fourth-order valence-corrected chi connectivity index (χ4v) is 2.67. The highest BCUT2D eigenvalue weighted by molar-refractivity contribution is 5.76. The van der Waals surface area contributed by atoms with Gasteiger partial charge in [0, 0.05) is 18.4 Å². The number of fused-ring (bicyclic) bond motifs is 1. The molecule has 3 nitrogen and oxygen atoms in total. The molecule has 3 heteroatoms. The molecule has 0 saturated heterocycles. The highest BCUT2D eigenvalue weighted by Gasteiger charge is 2.23. The molecule has 18 heavy (non-hydrogen) atoms. The largest absolute Gasteiger partial charge is 0.396 e. The molecular weight excluding hydrogens is 222 g/mol. The molecule has 2 aromatic rings. The number of pyridine rings is 1. The molecule has 1 aliphatic heterocycles. The molecule has 0 amide bonds. The quantitative estimate of drug-likeness (QED) is 0.831. The van der Waals surface area contributed by atoms with Crippen molar-refractivity contribution >= 4 is 17.1 Å². The number of rotatable bonds is 1. The van der Waals surface area contributed by atoms with Crippen LogP contribution in [0.3, 0.4) is 0 Å². The van der Waals surface area contributed by atoms with Crippen LogP contribution in [-0.4, -0.2) is 11.5 Å². The minimum atomic E-state index is 0.632. The van der Waals surface area contributed by atoms with Gasteiger partial charge in [-0.2, -0.15) is 0 Å². The first-order chi connectivity index (χ1) is 8.75. The number of para-hydroxylation sites is 1. The van der Waals surface area contributed by atoms with E-state index in [2.05, 4.69) is 41.1 Å². The lowest BCUT2D eigenvalue weighted by Crippen LogP contribution is -2.30. The van der Waals surface area contributed by atoms with Gasteiger partial charge in [-0.1, -0.05) is 25.1 Å². The van der Waals surface area contributed by atoms with Crippen LogP contribution in [0, 0.1) is 5.92 Å². The Morgan fingerprint density at radius 2 is 2.06 bits per heavy atom. The molecule has 0 fully saturated rings. The van der Waals surface area contributed by atoms with Crippen LogP contribution in [0.2, 0.25) is 0 Å². The van der Waals surface area contributed by atoms with Gasteiger partial charge in [0.1, 0.15) is 0 Å². The summed E-state index contributed by atoms with van der Waals surface area (Å²) in [5.41, 5.74) is 10.5. The Labute approximate surface area is 107 Å². The number of nitrogen functional groups attached to an aromatic ring is 1. The molecule has 2 N–H and O–H groups in total. The monoisotopic (exact) mass is 239 g/mol. The predicted octanol–water partition coefficient (Wildman–Crippen LogP) is 2.99. The number of hydrogen-bond acceptors (Lipinski definition) is 3. The van der Waals surface area contributed by atoms with Crippen molar-refractivity contribution in [1.82, 2.24) is 4.98 Å². The zero-order valence-corrected chi connectivity index (χ0v) is 10.5. The van der Waals surface area contributed by atoms with E-state index in [1.165, 1.54) is 11.3 Å². The second-order valence-corrected chi connectivity index (χ2v) is 4.98. The van der Waals surface area contributed by atoms with E-state index in [9.17, 15) is 0 Å². The third-order valence-electron chi connectivity index (χ3n) is 3.46. The summed E-state index contributed by atoms with van der Waals surface area (Å²) in [6, 6.07) is 10.5. The molecule has 1 atom stereocenters. The molecule has 0 spiro atoms. The van der Waals surface area contributed by atoms with Crippen LogP contribution in [0.15, 0.2) is 42.7 Å². The van der Waals surface area contributed by atoms with Crippen molar-refractivity contribution in [3.05, 3.63) is 48.3 Å². The average Bonchev–Trinajstić information content (AvgIpc) is 2.38. The van der Waals surface area contributed by atoms with Gasteiger partial charge in [-0.3, -0.25) is 4.98 Å². The third kappa shape index (κ3) is 1.82. The number of anilines is 3. The number of nitrogens with two attached hydrogens (primary N) is 1. The van der Waals surface area contributed by atoms with Crippen molar-refractivity contribution in [2.45, 2.75) is 13.3 Å². The van der Waals surface area contributed by atoms with Crippen LogP contribution in [0.5, 0.6) is 0 Å². The lowest BCUT2D eigenvalue weighted by Gasteiger charge is -2.35. The molecule has 0 bridgehead atoms. The normalized spacial score (nSPS) is 18.5. The van der Waals surface area contributed by atoms with Gasteiger partial charge in [0.25, 0.3) is 0 Å². The van der Waals surface area contributed by atoms with Crippen LogP contribution >= 0.6 is 0 Å². The third-order valence-corrected chi connectivity index (χ3v) is 3.46. The van der Waals surface area contributed by atoms with Crippen LogP contribution in [0.25, 0.3) is 0 Å². The Morgan fingerprint density at radius 3 is 2.89 bits per heavy atom. The van der Waals surface area contributed by atoms with E-state index in [0.717, 1.165) is 24.3 Å². The Balaban J connectivity index is 2.11. The van der Waals surface area contributed by atoms with Gasteiger partial charge >= 0.3 is 0 Å². The smallest absolute Gasteiger partial charge is 0.0741 e. The number of hydrogen-bond donors (Lipinski definition) is 1. The molecule has 1 aromatic heterocycles. The Kier molecular flexibility index (Phi) is 2.67. The van der Waals surface area contributed by atoms with E-state index in [1.54, 1.807) is 12.4 Å². The zero-order chi connectivity index (χ0) is 12.5. The van der Waals surface area contributed by atoms with Crippen LogP contribution in [0.4, 0.5) is 17.1 Å². The fraction of sp³-hybridized carbons (Fsp3) is 0.267. The van der Waals surface area contributed by atoms with Crippen LogP contribution < -0.4 is 10.6 Å². The second-order valence-electron chi connectivity index (χ2n) is 4.98. The maximum Gasteiger partial charge on any atom is 0.0741 e. The van der Waals surface area contributed by atoms with Gasteiger partial charge in [-0.05, 0) is 30.0 Å². The Morgan fingerprint density at radius 1 is 1.22 bits per heavy atom. The molecule has 0 radical (unpaired) electrons. The number of benzene rings is 1. The lowest BCUT2D eigenvalue weighted by atomic mass is 9.93. The van der Waals surface area contributed by atoms with Gasteiger partial charge in [-0.25, -0.2) is 0 Å². The Bertz CT molecular complexity index is 565. The summed E-state index contributed by atoms with van der Waals surface area (Å²) in [4.78, 5) is 6.37.